The van der Waals surface area contributed by atoms with Crippen LogP contribution in [0.4, 0.5) is 10.5 Å². The van der Waals surface area contributed by atoms with E-state index in [0.29, 0.717) is 5.69 Å². The lowest BCUT2D eigenvalue weighted by Crippen LogP contribution is -2.36. The Bertz CT molecular complexity index is 858. The maximum absolute atomic E-state index is 11.9. The number of amides is 3. The number of carbonyl (C=O) groups excluding carboxylic acids is 2. The molecule has 4 N–H and O–H groups in total. The second kappa shape index (κ2) is 11.1. The minimum atomic E-state index is -3.49. The zero-order valence-electron chi connectivity index (χ0n) is 15.4. The normalized spacial score (nSPS) is 10.9. The van der Waals surface area contributed by atoms with Crippen molar-refractivity contribution in [2.75, 3.05) is 24.2 Å². The molecule has 0 aliphatic rings. The number of carbonyl (C=O) groups is 2. The van der Waals surface area contributed by atoms with E-state index in [2.05, 4.69) is 20.7 Å². The second-order valence-electron chi connectivity index (χ2n) is 5.97. The van der Waals surface area contributed by atoms with Gasteiger partial charge in [0.25, 0.3) is 0 Å². The van der Waals surface area contributed by atoms with Gasteiger partial charge in [0.1, 0.15) is 0 Å². The van der Waals surface area contributed by atoms with Crippen molar-refractivity contribution in [3.8, 4) is 0 Å². The van der Waals surface area contributed by atoms with Crippen molar-refractivity contribution in [3.63, 3.8) is 0 Å². The lowest BCUT2D eigenvalue weighted by atomic mass is 10.2. The highest BCUT2D eigenvalue weighted by atomic mass is 32.2. The second-order valence-corrected chi connectivity index (χ2v) is 7.90. The minimum absolute atomic E-state index is 0.000825. The Kier molecular flexibility index (Phi) is 8.44. The van der Waals surface area contributed by atoms with Gasteiger partial charge in [0.05, 0.1) is 5.75 Å². The van der Waals surface area contributed by atoms with Gasteiger partial charge < -0.3 is 16.0 Å². The molecule has 2 rings (SSSR count). The fourth-order valence-electron chi connectivity index (χ4n) is 2.26. The first-order valence-corrected chi connectivity index (χ1v) is 10.5. The van der Waals surface area contributed by atoms with Gasteiger partial charge in [-0.15, -0.1) is 0 Å². The van der Waals surface area contributed by atoms with E-state index in [-0.39, 0.29) is 37.7 Å². The lowest BCUT2D eigenvalue weighted by Gasteiger charge is -2.09. The molecule has 0 radical (unpaired) electrons. The number of benzene rings is 2. The number of hydrogen-bond acceptors (Lipinski definition) is 4. The average molecular weight is 404 g/mol. The maximum Gasteiger partial charge on any atom is 0.319 e. The Labute approximate surface area is 164 Å². The van der Waals surface area contributed by atoms with E-state index >= 15 is 0 Å². The molecule has 2 aromatic rings. The summed E-state index contributed by atoms with van der Waals surface area (Å²) in [6.07, 6.45) is 0.0553. The lowest BCUT2D eigenvalue weighted by molar-refractivity contribution is -0.120. The van der Waals surface area contributed by atoms with E-state index in [0.717, 1.165) is 5.56 Å². The highest BCUT2D eigenvalue weighted by molar-refractivity contribution is 7.89. The number of anilines is 1. The van der Waals surface area contributed by atoms with Gasteiger partial charge in [-0.1, -0.05) is 48.5 Å². The van der Waals surface area contributed by atoms with Crippen molar-refractivity contribution in [1.29, 1.82) is 0 Å². The van der Waals surface area contributed by atoms with Crippen LogP contribution in [0.3, 0.4) is 0 Å². The third kappa shape index (κ3) is 8.65. The van der Waals surface area contributed by atoms with Crippen LogP contribution < -0.4 is 20.7 Å². The van der Waals surface area contributed by atoms with E-state index in [9.17, 15) is 18.0 Å². The average Bonchev–Trinajstić information content (AvgIpc) is 2.68. The maximum atomic E-state index is 11.9. The van der Waals surface area contributed by atoms with Gasteiger partial charge in [0.2, 0.25) is 15.9 Å². The number of rotatable bonds is 10. The standard InChI is InChI=1S/C19H24N4O4S/c24-18(11-12-21-19(25)23-17-9-5-2-6-10-17)20-13-14-28(26,27)22-15-16-7-3-1-4-8-16/h1-10,22H,11-15H2,(H,20,24)(H2,21,23,25). The molecular weight excluding hydrogens is 380 g/mol. The van der Waals surface area contributed by atoms with Crippen molar-refractivity contribution in [2.45, 2.75) is 13.0 Å². The van der Waals surface area contributed by atoms with Crippen LogP contribution in [-0.4, -0.2) is 39.2 Å². The predicted octanol–water partition coefficient (Wildman–Crippen LogP) is 1.43. The Hall–Kier alpha value is -2.91. The largest absolute Gasteiger partial charge is 0.355 e. The van der Waals surface area contributed by atoms with Crippen molar-refractivity contribution >= 4 is 27.6 Å². The van der Waals surface area contributed by atoms with E-state index in [4.69, 9.17) is 0 Å². The highest BCUT2D eigenvalue weighted by Gasteiger charge is 2.11. The first-order valence-electron chi connectivity index (χ1n) is 8.82. The molecular formula is C19H24N4O4S. The van der Waals surface area contributed by atoms with Gasteiger partial charge in [-0.2, -0.15) is 0 Å². The fourth-order valence-corrected chi connectivity index (χ4v) is 3.16. The quantitative estimate of drug-likeness (QED) is 0.479. The van der Waals surface area contributed by atoms with Crippen LogP contribution in [0.1, 0.15) is 12.0 Å². The van der Waals surface area contributed by atoms with Crippen molar-refractivity contribution < 1.29 is 18.0 Å². The van der Waals surface area contributed by atoms with Crippen molar-refractivity contribution in [2.24, 2.45) is 0 Å². The van der Waals surface area contributed by atoms with Gasteiger partial charge in [0.15, 0.2) is 0 Å². The smallest absolute Gasteiger partial charge is 0.319 e. The molecule has 9 heteroatoms. The first-order chi connectivity index (χ1) is 13.4. The predicted molar refractivity (Wildman–Crippen MR) is 108 cm³/mol. The summed E-state index contributed by atoms with van der Waals surface area (Å²) in [5.74, 6) is -0.550. The summed E-state index contributed by atoms with van der Waals surface area (Å²) < 4.78 is 26.4. The van der Waals surface area contributed by atoms with E-state index < -0.39 is 16.1 Å². The van der Waals surface area contributed by atoms with E-state index in [1.807, 2.05) is 36.4 Å². The molecule has 28 heavy (non-hydrogen) atoms. The van der Waals surface area contributed by atoms with Crippen molar-refractivity contribution in [3.05, 3.63) is 66.2 Å². The summed E-state index contributed by atoms with van der Waals surface area (Å²) in [5.41, 5.74) is 1.51. The number of sulfonamides is 1. The van der Waals surface area contributed by atoms with Crippen molar-refractivity contribution in [1.82, 2.24) is 15.4 Å². The monoisotopic (exact) mass is 404 g/mol. The minimum Gasteiger partial charge on any atom is -0.355 e. The number of nitrogens with one attached hydrogen (secondary N) is 4. The van der Waals surface area contributed by atoms with Crippen LogP contribution >= 0.6 is 0 Å². The molecule has 150 valence electrons. The van der Waals surface area contributed by atoms with Gasteiger partial charge in [0, 0.05) is 31.7 Å². The zero-order valence-corrected chi connectivity index (χ0v) is 16.2. The molecule has 3 amide bonds. The summed E-state index contributed by atoms with van der Waals surface area (Å²) in [7, 11) is -3.49. The molecule has 0 unspecified atom stereocenters. The Morgan fingerprint density at radius 3 is 2.14 bits per heavy atom. The molecule has 0 atom stereocenters. The number of hydrogen-bond donors (Lipinski definition) is 4. The van der Waals surface area contributed by atoms with E-state index in [1.165, 1.54) is 0 Å². The van der Waals surface area contributed by atoms with Crippen LogP contribution in [0.15, 0.2) is 60.7 Å². The molecule has 0 heterocycles. The molecule has 0 saturated heterocycles. The summed E-state index contributed by atoms with van der Waals surface area (Å²) in [5, 5.41) is 7.73. The molecule has 8 nitrogen and oxygen atoms in total. The molecule has 2 aromatic carbocycles. The van der Waals surface area contributed by atoms with Gasteiger partial charge in [-0.05, 0) is 17.7 Å². The van der Waals surface area contributed by atoms with Crippen LogP contribution in [-0.2, 0) is 21.4 Å². The Morgan fingerprint density at radius 2 is 1.46 bits per heavy atom. The van der Waals surface area contributed by atoms with Crippen LogP contribution in [0.25, 0.3) is 0 Å². The number of para-hydroxylation sites is 1. The first kappa shape index (κ1) is 21.4. The van der Waals surface area contributed by atoms with Crippen LogP contribution in [0.5, 0.6) is 0 Å². The Morgan fingerprint density at radius 1 is 0.821 bits per heavy atom. The highest BCUT2D eigenvalue weighted by Crippen LogP contribution is 2.04. The van der Waals surface area contributed by atoms with Gasteiger partial charge in [-0.3, -0.25) is 4.79 Å². The van der Waals surface area contributed by atoms with Crippen LogP contribution in [0.2, 0.25) is 0 Å². The zero-order chi connectivity index (χ0) is 20.2. The summed E-state index contributed by atoms with van der Waals surface area (Å²) in [6, 6.07) is 17.7. The Balaban J connectivity index is 1.58. The summed E-state index contributed by atoms with van der Waals surface area (Å²) in [4.78, 5) is 23.4. The summed E-state index contributed by atoms with van der Waals surface area (Å²) in [6.45, 7) is 0.347. The van der Waals surface area contributed by atoms with Gasteiger partial charge in [-0.25, -0.2) is 17.9 Å². The SMILES string of the molecule is O=C(CCNC(=O)Nc1ccccc1)NCCS(=O)(=O)NCc1ccccc1. The third-order valence-electron chi connectivity index (χ3n) is 3.70. The molecule has 0 aliphatic carbocycles. The molecule has 0 fully saturated rings. The fraction of sp³-hybridized carbons (Fsp3) is 0.263. The topological polar surface area (TPSA) is 116 Å². The summed E-state index contributed by atoms with van der Waals surface area (Å²) >= 11 is 0. The number of urea groups is 1. The molecule has 0 aromatic heterocycles. The molecule has 0 spiro atoms. The molecule has 0 saturated carbocycles. The molecule has 0 bridgehead atoms. The van der Waals surface area contributed by atoms with Gasteiger partial charge >= 0.3 is 6.03 Å². The van der Waals surface area contributed by atoms with Crippen LogP contribution in [0, 0.1) is 0 Å². The molecule has 0 aliphatic heterocycles. The van der Waals surface area contributed by atoms with E-state index in [1.54, 1.807) is 24.3 Å². The third-order valence-corrected chi connectivity index (χ3v) is 5.03.